The second kappa shape index (κ2) is 7.84. The van der Waals surface area contributed by atoms with Gasteiger partial charge in [-0.1, -0.05) is 0 Å². The maximum Gasteiger partial charge on any atom is 0.287 e. The summed E-state index contributed by atoms with van der Waals surface area (Å²) in [6, 6.07) is 5.68. The van der Waals surface area contributed by atoms with Crippen molar-refractivity contribution in [1.29, 1.82) is 0 Å². The highest BCUT2D eigenvalue weighted by Crippen LogP contribution is 2.12. The van der Waals surface area contributed by atoms with Crippen LogP contribution in [0.25, 0.3) is 0 Å². The van der Waals surface area contributed by atoms with Crippen LogP contribution in [-0.4, -0.2) is 65.3 Å². The van der Waals surface area contributed by atoms with Gasteiger partial charge in [-0.15, -0.1) is 0 Å². The summed E-state index contributed by atoms with van der Waals surface area (Å²) in [5.41, 5.74) is 2.09. The highest BCUT2D eigenvalue weighted by molar-refractivity contribution is 5.91. The van der Waals surface area contributed by atoms with E-state index in [-0.39, 0.29) is 5.91 Å². The van der Waals surface area contributed by atoms with Gasteiger partial charge < -0.3 is 14.6 Å². The largest absolute Gasteiger partial charge is 0.455 e. The molecular formula is C18H27N5O2. The molecule has 7 nitrogen and oxygen atoms in total. The van der Waals surface area contributed by atoms with E-state index in [9.17, 15) is 4.79 Å². The minimum absolute atomic E-state index is 0.175. The summed E-state index contributed by atoms with van der Waals surface area (Å²) in [6.07, 6.45) is 0. The lowest BCUT2D eigenvalue weighted by atomic mass is 10.3. The molecule has 0 spiro atoms. The van der Waals surface area contributed by atoms with Crippen LogP contribution < -0.4 is 5.32 Å². The van der Waals surface area contributed by atoms with Crippen molar-refractivity contribution in [1.82, 2.24) is 24.9 Å². The van der Waals surface area contributed by atoms with Crippen molar-refractivity contribution in [2.45, 2.75) is 26.9 Å². The fraction of sp³-hybridized carbons (Fsp3) is 0.556. The molecule has 1 saturated heterocycles. The molecule has 7 heteroatoms. The Hall–Kier alpha value is -2.12. The third-order valence-corrected chi connectivity index (χ3v) is 4.57. The van der Waals surface area contributed by atoms with Crippen LogP contribution in [0.4, 0.5) is 0 Å². The van der Waals surface area contributed by atoms with Gasteiger partial charge in [-0.3, -0.25) is 14.4 Å². The Labute approximate surface area is 148 Å². The highest BCUT2D eigenvalue weighted by Gasteiger charge is 2.17. The number of likely N-dealkylation sites (N-methyl/N-ethyl adjacent to an activating group) is 1. The molecule has 0 aromatic carbocycles. The first-order valence-corrected chi connectivity index (χ1v) is 8.80. The molecule has 0 atom stereocenters. The van der Waals surface area contributed by atoms with Crippen molar-refractivity contribution < 1.29 is 9.21 Å². The normalized spacial score (nSPS) is 16.3. The van der Waals surface area contributed by atoms with Gasteiger partial charge in [0.05, 0.1) is 18.8 Å². The molecule has 1 fully saturated rings. The molecule has 1 amide bonds. The van der Waals surface area contributed by atoms with Crippen LogP contribution in [-0.2, 0) is 13.1 Å². The molecule has 3 heterocycles. The van der Waals surface area contributed by atoms with Gasteiger partial charge in [-0.25, -0.2) is 0 Å². The molecular weight excluding hydrogens is 318 g/mol. The first kappa shape index (κ1) is 17.7. The number of carbonyl (C=O) groups excluding carboxylic acids is 1. The van der Waals surface area contributed by atoms with E-state index in [1.165, 1.54) is 0 Å². The predicted molar refractivity (Wildman–Crippen MR) is 95.5 cm³/mol. The van der Waals surface area contributed by atoms with E-state index < -0.39 is 0 Å². The van der Waals surface area contributed by atoms with Gasteiger partial charge in [0.25, 0.3) is 5.91 Å². The molecule has 3 rings (SSSR count). The van der Waals surface area contributed by atoms with E-state index in [4.69, 9.17) is 4.42 Å². The van der Waals surface area contributed by atoms with E-state index in [2.05, 4.69) is 27.3 Å². The maximum absolute atomic E-state index is 12.2. The number of nitrogens with one attached hydrogen (secondary N) is 1. The smallest absolute Gasteiger partial charge is 0.287 e. The van der Waals surface area contributed by atoms with Gasteiger partial charge in [-0.05, 0) is 39.1 Å². The van der Waals surface area contributed by atoms with Gasteiger partial charge >= 0.3 is 0 Å². The summed E-state index contributed by atoms with van der Waals surface area (Å²) < 4.78 is 7.62. The second-order valence-electron chi connectivity index (χ2n) is 6.75. The fourth-order valence-corrected chi connectivity index (χ4v) is 3.08. The molecule has 0 bridgehead atoms. The second-order valence-corrected chi connectivity index (χ2v) is 6.75. The summed E-state index contributed by atoms with van der Waals surface area (Å²) in [6.45, 7) is 10.1. The first-order chi connectivity index (χ1) is 12.0. The lowest BCUT2D eigenvalue weighted by Gasteiger charge is -2.31. The van der Waals surface area contributed by atoms with Crippen molar-refractivity contribution in [3.05, 3.63) is 41.1 Å². The number of amides is 1. The topological polar surface area (TPSA) is 66.5 Å². The molecule has 25 heavy (non-hydrogen) atoms. The highest BCUT2D eigenvalue weighted by atomic mass is 16.4. The van der Waals surface area contributed by atoms with Gasteiger partial charge in [0.1, 0.15) is 5.76 Å². The van der Waals surface area contributed by atoms with Crippen LogP contribution in [0, 0.1) is 13.8 Å². The van der Waals surface area contributed by atoms with Crippen LogP contribution in [0.2, 0.25) is 0 Å². The Balaban J connectivity index is 1.46. The lowest BCUT2D eigenvalue weighted by Crippen LogP contribution is -2.43. The van der Waals surface area contributed by atoms with Crippen molar-refractivity contribution in [3.8, 4) is 0 Å². The Bertz CT molecular complexity index is 713. The number of nitrogens with zero attached hydrogens (tertiary/aromatic N) is 4. The summed E-state index contributed by atoms with van der Waals surface area (Å²) in [5, 5.41) is 7.28. The molecule has 1 N–H and O–H groups in total. The Morgan fingerprint density at radius 3 is 2.68 bits per heavy atom. The molecule has 0 saturated carbocycles. The molecule has 0 unspecified atom stereocenters. The van der Waals surface area contributed by atoms with Crippen molar-refractivity contribution in [3.63, 3.8) is 0 Å². The number of carbonyl (C=O) groups is 1. The zero-order valence-corrected chi connectivity index (χ0v) is 15.3. The average Bonchev–Trinajstić information content (AvgIpc) is 3.16. The maximum atomic E-state index is 12.2. The van der Waals surface area contributed by atoms with Gasteiger partial charge in [-0.2, -0.15) is 5.10 Å². The zero-order valence-electron chi connectivity index (χ0n) is 15.3. The van der Waals surface area contributed by atoms with Crippen molar-refractivity contribution in [2.75, 3.05) is 39.8 Å². The van der Waals surface area contributed by atoms with Crippen LogP contribution in [0.15, 0.2) is 22.6 Å². The fourth-order valence-electron chi connectivity index (χ4n) is 3.08. The number of hydrogen-bond donors (Lipinski definition) is 1. The molecule has 1 aliphatic heterocycles. The van der Waals surface area contributed by atoms with Crippen LogP contribution >= 0.6 is 0 Å². The summed E-state index contributed by atoms with van der Waals surface area (Å²) in [4.78, 5) is 16.9. The summed E-state index contributed by atoms with van der Waals surface area (Å²) in [5.74, 6) is 1.04. The average molecular weight is 345 g/mol. The summed E-state index contributed by atoms with van der Waals surface area (Å²) >= 11 is 0. The minimum atomic E-state index is -0.175. The molecule has 136 valence electrons. The van der Waals surface area contributed by atoms with Crippen molar-refractivity contribution >= 4 is 5.91 Å². The number of rotatable bonds is 6. The SMILES string of the molecule is Cc1cc(C)n(CCNC(=O)c2ccc(CN3CCN(C)CC3)o2)n1. The number of hydrogen-bond acceptors (Lipinski definition) is 5. The van der Waals surface area contributed by atoms with E-state index in [1.807, 2.05) is 30.7 Å². The van der Waals surface area contributed by atoms with Crippen LogP contribution in [0.1, 0.15) is 27.7 Å². The number of furan rings is 1. The lowest BCUT2D eigenvalue weighted by molar-refractivity contribution is 0.0917. The Kier molecular flexibility index (Phi) is 5.55. The van der Waals surface area contributed by atoms with Gasteiger partial charge in [0.15, 0.2) is 5.76 Å². The van der Waals surface area contributed by atoms with E-state index in [1.54, 1.807) is 6.07 Å². The Morgan fingerprint density at radius 2 is 2.00 bits per heavy atom. The quantitative estimate of drug-likeness (QED) is 0.854. The third-order valence-electron chi connectivity index (χ3n) is 4.57. The zero-order chi connectivity index (χ0) is 17.8. The van der Waals surface area contributed by atoms with Gasteiger partial charge in [0.2, 0.25) is 0 Å². The van der Waals surface area contributed by atoms with E-state index in [0.717, 1.165) is 49.9 Å². The minimum Gasteiger partial charge on any atom is -0.455 e. The predicted octanol–water partition coefficient (Wildman–Crippen LogP) is 1.27. The first-order valence-electron chi connectivity index (χ1n) is 8.80. The van der Waals surface area contributed by atoms with Gasteiger partial charge in [0, 0.05) is 38.4 Å². The molecule has 2 aromatic rings. The number of aryl methyl sites for hydroxylation is 2. The van der Waals surface area contributed by atoms with Crippen LogP contribution in [0.5, 0.6) is 0 Å². The molecule has 2 aromatic heterocycles. The standard InChI is InChI=1S/C18H27N5O2/c1-14-12-15(2)23(20-14)7-6-19-18(24)17-5-4-16(25-17)13-22-10-8-21(3)9-11-22/h4-5,12H,6-11,13H2,1-3H3,(H,19,24). The van der Waals surface area contributed by atoms with E-state index in [0.29, 0.717) is 18.8 Å². The van der Waals surface area contributed by atoms with E-state index >= 15 is 0 Å². The number of piperazine rings is 1. The molecule has 0 aliphatic carbocycles. The van der Waals surface area contributed by atoms with Crippen LogP contribution in [0.3, 0.4) is 0 Å². The third kappa shape index (κ3) is 4.70. The monoisotopic (exact) mass is 345 g/mol. The molecule has 0 radical (unpaired) electrons. The Morgan fingerprint density at radius 1 is 1.24 bits per heavy atom. The summed E-state index contributed by atoms with van der Waals surface area (Å²) in [7, 11) is 2.14. The number of aromatic nitrogens is 2. The van der Waals surface area contributed by atoms with Crippen molar-refractivity contribution in [2.24, 2.45) is 0 Å². The molecule has 1 aliphatic rings.